The van der Waals surface area contributed by atoms with Crippen molar-refractivity contribution in [1.29, 1.82) is 0 Å². The van der Waals surface area contributed by atoms with Crippen LogP contribution in [0.1, 0.15) is 17.5 Å². The molecule has 8 heteroatoms. The van der Waals surface area contributed by atoms with Crippen molar-refractivity contribution >= 4 is 33.3 Å². The van der Waals surface area contributed by atoms with Crippen molar-refractivity contribution in [2.75, 3.05) is 12.4 Å². The first-order chi connectivity index (χ1) is 11.6. The molecule has 0 aliphatic heterocycles. The third-order valence-electron chi connectivity index (χ3n) is 3.40. The summed E-state index contributed by atoms with van der Waals surface area (Å²) in [5, 5.41) is 12.6. The third kappa shape index (κ3) is 3.43. The molecule has 1 aromatic carbocycles. The number of ether oxygens (including phenoxy) is 1. The maximum absolute atomic E-state index is 12.2. The smallest absolute Gasteiger partial charge is 0.336 e. The van der Waals surface area contributed by atoms with Crippen LogP contribution >= 0.6 is 11.3 Å². The summed E-state index contributed by atoms with van der Waals surface area (Å²) in [6.45, 7) is 1.97. The number of nitrogens with one attached hydrogen (secondary N) is 1. The van der Waals surface area contributed by atoms with Gasteiger partial charge in [-0.2, -0.15) is 0 Å². The van der Waals surface area contributed by atoms with Gasteiger partial charge in [0.2, 0.25) is 11.0 Å². The maximum Gasteiger partial charge on any atom is 0.336 e. The molecule has 3 rings (SSSR count). The molecule has 0 radical (unpaired) electrons. The molecule has 0 saturated heterocycles. The zero-order valence-corrected chi connectivity index (χ0v) is 14.0. The average molecular weight is 345 g/mol. The predicted molar refractivity (Wildman–Crippen MR) is 90.7 cm³/mol. The average Bonchev–Trinajstić information content (AvgIpc) is 3.01. The van der Waals surface area contributed by atoms with Gasteiger partial charge in [-0.1, -0.05) is 18.3 Å². The van der Waals surface area contributed by atoms with E-state index in [1.165, 1.54) is 24.5 Å². The topological polar surface area (TPSA) is 94.3 Å². The summed E-state index contributed by atoms with van der Waals surface area (Å²) in [6, 6.07) is 6.46. The normalized spacial score (nSPS) is 10.8. The van der Waals surface area contributed by atoms with Crippen molar-refractivity contribution in [2.45, 2.75) is 19.8 Å². The number of benzene rings is 1. The van der Waals surface area contributed by atoms with Gasteiger partial charge in [0.15, 0.2) is 0 Å². The van der Waals surface area contributed by atoms with E-state index in [2.05, 4.69) is 15.5 Å². The van der Waals surface area contributed by atoms with Crippen molar-refractivity contribution in [3.05, 3.63) is 45.3 Å². The van der Waals surface area contributed by atoms with Gasteiger partial charge in [0.25, 0.3) is 0 Å². The van der Waals surface area contributed by atoms with Crippen molar-refractivity contribution in [2.24, 2.45) is 0 Å². The Morgan fingerprint density at radius 2 is 2.17 bits per heavy atom. The molecule has 1 amide bonds. The number of aryl methyl sites for hydroxylation is 1. The molecule has 0 saturated carbocycles. The van der Waals surface area contributed by atoms with Gasteiger partial charge in [-0.25, -0.2) is 4.79 Å². The molecule has 7 nitrogen and oxygen atoms in total. The van der Waals surface area contributed by atoms with Gasteiger partial charge in [0.1, 0.15) is 16.3 Å². The second kappa shape index (κ2) is 6.79. The standard InChI is InChI=1S/C16H15N3O4S/c1-3-14-18-19-16(24-14)17-13(20)6-9-7-15(21)23-12-8-10(22-2)4-5-11(9)12/h4-5,7-8H,3,6H2,1-2H3,(H,17,19,20). The zero-order chi connectivity index (χ0) is 17.1. The van der Waals surface area contributed by atoms with Crippen LogP contribution in [0, 0.1) is 0 Å². The highest BCUT2D eigenvalue weighted by Crippen LogP contribution is 2.23. The van der Waals surface area contributed by atoms with E-state index in [4.69, 9.17) is 9.15 Å². The lowest BCUT2D eigenvalue weighted by Crippen LogP contribution is -2.15. The number of anilines is 1. The molecule has 124 valence electrons. The number of hydrogen-bond donors (Lipinski definition) is 1. The van der Waals surface area contributed by atoms with E-state index in [9.17, 15) is 9.59 Å². The van der Waals surface area contributed by atoms with E-state index < -0.39 is 5.63 Å². The van der Waals surface area contributed by atoms with Gasteiger partial charge in [-0.15, -0.1) is 10.2 Å². The molecule has 1 N–H and O–H groups in total. The first-order valence-corrected chi connectivity index (χ1v) is 8.13. The summed E-state index contributed by atoms with van der Waals surface area (Å²) in [7, 11) is 1.53. The molecule has 0 bridgehead atoms. The molecule has 0 atom stereocenters. The lowest BCUT2D eigenvalue weighted by molar-refractivity contribution is -0.115. The first kappa shape index (κ1) is 16.1. The highest BCUT2D eigenvalue weighted by molar-refractivity contribution is 7.15. The predicted octanol–water partition coefficient (Wildman–Crippen LogP) is 2.40. The number of rotatable bonds is 5. The van der Waals surface area contributed by atoms with Crippen LogP contribution in [0.5, 0.6) is 5.75 Å². The molecule has 0 aliphatic rings. The van der Waals surface area contributed by atoms with Gasteiger partial charge in [0, 0.05) is 17.5 Å². The van der Waals surface area contributed by atoms with Gasteiger partial charge in [-0.3, -0.25) is 4.79 Å². The summed E-state index contributed by atoms with van der Waals surface area (Å²) in [5.74, 6) is 0.310. The van der Waals surface area contributed by atoms with Gasteiger partial charge < -0.3 is 14.5 Å². The van der Waals surface area contributed by atoms with Crippen LogP contribution in [0.2, 0.25) is 0 Å². The van der Waals surface area contributed by atoms with Crippen LogP contribution in [0.15, 0.2) is 33.5 Å². The van der Waals surface area contributed by atoms with E-state index in [-0.39, 0.29) is 12.3 Å². The van der Waals surface area contributed by atoms with Crippen LogP contribution in [-0.2, 0) is 17.6 Å². The molecule has 24 heavy (non-hydrogen) atoms. The minimum Gasteiger partial charge on any atom is -0.497 e. The molecule has 3 aromatic rings. The monoisotopic (exact) mass is 345 g/mol. The highest BCUT2D eigenvalue weighted by Gasteiger charge is 2.13. The Morgan fingerprint density at radius 3 is 2.88 bits per heavy atom. The molecular weight excluding hydrogens is 330 g/mol. The Balaban J connectivity index is 1.86. The molecular formula is C16H15N3O4S. The van der Waals surface area contributed by atoms with E-state index in [1.54, 1.807) is 18.2 Å². The number of nitrogens with zero attached hydrogens (tertiary/aromatic N) is 2. The summed E-state index contributed by atoms with van der Waals surface area (Å²) < 4.78 is 10.3. The fraction of sp³-hybridized carbons (Fsp3) is 0.250. The number of aromatic nitrogens is 2. The van der Waals surface area contributed by atoms with E-state index in [1.807, 2.05) is 6.92 Å². The fourth-order valence-electron chi connectivity index (χ4n) is 2.27. The quantitative estimate of drug-likeness (QED) is 0.714. The molecule has 2 heterocycles. The third-order valence-corrected chi connectivity index (χ3v) is 4.39. The fourth-order valence-corrected chi connectivity index (χ4v) is 2.96. The Morgan fingerprint density at radius 1 is 1.33 bits per heavy atom. The van der Waals surface area contributed by atoms with Gasteiger partial charge in [0.05, 0.1) is 13.5 Å². The Kier molecular flexibility index (Phi) is 4.57. The number of methoxy groups -OCH3 is 1. The van der Waals surface area contributed by atoms with Gasteiger partial charge >= 0.3 is 5.63 Å². The zero-order valence-electron chi connectivity index (χ0n) is 13.2. The summed E-state index contributed by atoms with van der Waals surface area (Å²) in [4.78, 5) is 24.0. The van der Waals surface area contributed by atoms with Crippen LogP contribution in [0.3, 0.4) is 0 Å². The van der Waals surface area contributed by atoms with Crippen LogP contribution < -0.4 is 15.7 Å². The largest absolute Gasteiger partial charge is 0.497 e. The maximum atomic E-state index is 12.2. The molecule has 0 unspecified atom stereocenters. The van der Waals surface area contributed by atoms with Crippen LogP contribution in [-0.4, -0.2) is 23.2 Å². The molecule has 0 spiro atoms. The minimum atomic E-state index is -0.511. The number of amides is 1. The Labute approximate surface area is 141 Å². The van der Waals surface area contributed by atoms with Crippen molar-refractivity contribution in [3.8, 4) is 5.75 Å². The van der Waals surface area contributed by atoms with E-state index in [0.717, 1.165) is 11.4 Å². The number of fused-ring (bicyclic) bond motifs is 1. The Bertz CT molecular complexity index is 948. The Hall–Kier alpha value is -2.74. The minimum absolute atomic E-state index is 0.0372. The lowest BCUT2D eigenvalue weighted by Gasteiger charge is -2.06. The van der Waals surface area contributed by atoms with E-state index in [0.29, 0.717) is 27.4 Å². The summed E-state index contributed by atoms with van der Waals surface area (Å²) in [5.41, 5.74) is 0.457. The number of carbonyl (C=O) groups is 1. The summed E-state index contributed by atoms with van der Waals surface area (Å²) >= 11 is 1.33. The second-order valence-electron chi connectivity index (χ2n) is 5.03. The molecule has 0 aliphatic carbocycles. The van der Waals surface area contributed by atoms with Gasteiger partial charge in [-0.05, 0) is 24.1 Å². The first-order valence-electron chi connectivity index (χ1n) is 7.32. The SMILES string of the molecule is CCc1nnc(NC(=O)Cc2cc(=O)oc3cc(OC)ccc23)s1. The molecule has 0 fully saturated rings. The number of carbonyl (C=O) groups excluding carboxylic acids is 1. The summed E-state index contributed by atoms with van der Waals surface area (Å²) in [6.07, 6.45) is 0.801. The van der Waals surface area contributed by atoms with Crippen molar-refractivity contribution in [1.82, 2.24) is 10.2 Å². The van der Waals surface area contributed by atoms with Crippen LogP contribution in [0.4, 0.5) is 5.13 Å². The highest BCUT2D eigenvalue weighted by atomic mass is 32.1. The lowest BCUT2D eigenvalue weighted by atomic mass is 10.1. The van der Waals surface area contributed by atoms with E-state index >= 15 is 0 Å². The molecule has 2 aromatic heterocycles. The second-order valence-corrected chi connectivity index (χ2v) is 6.09. The van der Waals surface area contributed by atoms with Crippen LogP contribution in [0.25, 0.3) is 11.0 Å². The van der Waals surface area contributed by atoms with Crippen molar-refractivity contribution in [3.63, 3.8) is 0 Å². The number of hydrogen-bond acceptors (Lipinski definition) is 7. The van der Waals surface area contributed by atoms with Crippen molar-refractivity contribution < 1.29 is 13.9 Å².